The van der Waals surface area contributed by atoms with Gasteiger partial charge in [-0.15, -0.1) is 0 Å². The molecule has 86 valence electrons. The van der Waals surface area contributed by atoms with E-state index in [-0.39, 0.29) is 24.7 Å². The van der Waals surface area contributed by atoms with Gasteiger partial charge in [0.05, 0.1) is 24.9 Å². The van der Waals surface area contributed by atoms with Crippen molar-refractivity contribution in [1.82, 2.24) is 5.32 Å². The first-order chi connectivity index (χ1) is 7.20. The van der Waals surface area contributed by atoms with Gasteiger partial charge in [0.1, 0.15) is 6.04 Å². The van der Waals surface area contributed by atoms with Gasteiger partial charge in [-0.1, -0.05) is 0 Å². The number of amides is 1. The van der Waals surface area contributed by atoms with Gasteiger partial charge in [0.2, 0.25) is 5.91 Å². The van der Waals surface area contributed by atoms with Crippen LogP contribution in [0, 0.1) is 0 Å². The van der Waals surface area contributed by atoms with E-state index in [2.05, 4.69) is 5.32 Å². The molecule has 2 rings (SSSR count). The number of carbonyl (C=O) groups is 1. The Morgan fingerprint density at radius 3 is 3.00 bits per heavy atom. The fourth-order valence-corrected chi connectivity index (χ4v) is 2.33. The monoisotopic (exact) mass is 214 g/mol. The molecule has 0 aromatic rings. The van der Waals surface area contributed by atoms with Crippen molar-refractivity contribution in [2.75, 3.05) is 13.7 Å². The van der Waals surface area contributed by atoms with Crippen LogP contribution in [0.2, 0.25) is 0 Å². The molecule has 0 saturated carbocycles. The number of ether oxygens (including phenoxy) is 2. The zero-order valence-corrected chi connectivity index (χ0v) is 8.94. The molecule has 2 fully saturated rings. The third-order valence-electron chi connectivity index (χ3n) is 3.12. The summed E-state index contributed by atoms with van der Waals surface area (Å²) < 4.78 is 10.5. The predicted molar refractivity (Wildman–Crippen MR) is 54.3 cm³/mol. The van der Waals surface area contributed by atoms with Crippen molar-refractivity contribution in [1.29, 1.82) is 0 Å². The highest BCUT2D eigenvalue weighted by Gasteiger charge is 2.41. The molecule has 4 atom stereocenters. The van der Waals surface area contributed by atoms with Gasteiger partial charge < -0.3 is 20.5 Å². The van der Waals surface area contributed by atoms with Crippen LogP contribution in [0.5, 0.6) is 0 Å². The van der Waals surface area contributed by atoms with E-state index in [0.717, 1.165) is 19.3 Å². The molecule has 2 heterocycles. The van der Waals surface area contributed by atoms with Crippen molar-refractivity contribution in [2.45, 2.75) is 43.6 Å². The third-order valence-corrected chi connectivity index (χ3v) is 3.12. The van der Waals surface area contributed by atoms with Gasteiger partial charge >= 0.3 is 0 Å². The molecule has 0 aromatic carbocycles. The molecule has 2 bridgehead atoms. The SMILES string of the molecule is COCC(N)C(=O)N[C@@H]1C[C@H]2CC[C@@H]1O2. The van der Waals surface area contributed by atoms with E-state index in [1.54, 1.807) is 0 Å². The molecule has 5 heteroatoms. The van der Waals surface area contributed by atoms with Gasteiger partial charge in [0.15, 0.2) is 0 Å². The average molecular weight is 214 g/mol. The summed E-state index contributed by atoms with van der Waals surface area (Å²) in [6.07, 6.45) is 3.65. The minimum absolute atomic E-state index is 0.141. The first-order valence-electron chi connectivity index (χ1n) is 5.41. The van der Waals surface area contributed by atoms with Crippen LogP contribution in [-0.4, -0.2) is 43.9 Å². The Labute approximate surface area is 89.3 Å². The van der Waals surface area contributed by atoms with Crippen LogP contribution < -0.4 is 11.1 Å². The molecule has 15 heavy (non-hydrogen) atoms. The number of rotatable bonds is 4. The van der Waals surface area contributed by atoms with Crippen molar-refractivity contribution in [3.8, 4) is 0 Å². The van der Waals surface area contributed by atoms with Gasteiger partial charge in [0, 0.05) is 7.11 Å². The maximum Gasteiger partial charge on any atom is 0.239 e. The summed E-state index contributed by atoms with van der Waals surface area (Å²) >= 11 is 0. The molecule has 2 saturated heterocycles. The maximum absolute atomic E-state index is 11.6. The van der Waals surface area contributed by atoms with Crippen LogP contribution in [-0.2, 0) is 14.3 Å². The molecule has 5 nitrogen and oxygen atoms in total. The highest BCUT2D eigenvalue weighted by atomic mass is 16.5. The lowest BCUT2D eigenvalue weighted by Crippen LogP contribution is -2.50. The predicted octanol–water partition coefficient (Wildman–Crippen LogP) is -0.604. The maximum atomic E-state index is 11.6. The molecule has 1 unspecified atom stereocenters. The quantitative estimate of drug-likeness (QED) is 0.655. The second-order valence-corrected chi connectivity index (χ2v) is 4.29. The second-order valence-electron chi connectivity index (χ2n) is 4.29. The van der Waals surface area contributed by atoms with E-state index in [1.807, 2.05) is 0 Å². The van der Waals surface area contributed by atoms with Crippen molar-refractivity contribution >= 4 is 5.91 Å². The second kappa shape index (κ2) is 4.47. The van der Waals surface area contributed by atoms with Gasteiger partial charge in [-0.2, -0.15) is 0 Å². The summed E-state index contributed by atoms with van der Waals surface area (Å²) in [5.74, 6) is -0.141. The first-order valence-corrected chi connectivity index (χ1v) is 5.41. The van der Waals surface area contributed by atoms with Crippen LogP contribution in [0.25, 0.3) is 0 Å². The summed E-state index contributed by atoms with van der Waals surface area (Å²) in [7, 11) is 1.54. The van der Waals surface area contributed by atoms with E-state index in [1.165, 1.54) is 7.11 Å². The molecule has 3 N–H and O–H groups in total. The van der Waals surface area contributed by atoms with Crippen molar-refractivity contribution in [3.05, 3.63) is 0 Å². The van der Waals surface area contributed by atoms with Crippen LogP contribution in [0.15, 0.2) is 0 Å². The fraction of sp³-hybridized carbons (Fsp3) is 0.900. The standard InChI is InChI=1S/C10H18N2O3/c1-14-5-7(11)10(13)12-8-4-6-2-3-9(8)15-6/h6-9H,2-5,11H2,1H3,(H,12,13)/t6-,7?,8-,9+/m1/s1. The van der Waals surface area contributed by atoms with Crippen molar-refractivity contribution in [3.63, 3.8) is 0 Å². The van der Waals surface area contributed by atoms with Crippen LogP contribution in [0.3, 0.4) is 0 Å². The number of hydrogen-bond donors (Lipinski definition) is 2. The molecule has 0 aromatic heterocycles. The summed E-state index contributed by atoms with van der Waals surface area (Å²) in [5, 5.41) is 2.93. The van der Waals surface area contributed by atoms with E-state index in [4.69, 9.17) is 15.2 Å². The lowest BCUT2D eigenvalue weighted by Gasteiger charge is -2.21. The molecular weight excluding hydrogens is 196 g/mol. The minimum Gasteiger partial charge on any atom is -0.383 e. The summed E-state index contributed by atoms with van der Waals surface area (Å²) in [6, 6.07) is -0.423. The number of methoxy groups -OCH3 is 1. The van der Waals surface area contributed by atoms with E-state index in [9.17, 15) is 4.79 Å². The molecule has 0 aliphatic carbocycles. The molecule has 1 amide bonds. The fourth-order valence-electron chi connectivity index (χ4n) is 2.33. The lowest BCUT2D eigenvalue weighted by molar-refractivity contribution is -0.124. The Morgan fingerprint density at radius 1 is 1.67 bits per heavy atom. The number of carbonyl (C=O) groups excluding carboxylic acids is 1. The van der Waals surface area contributed by atoms with Crippen molar-refractivity contribution < 1.29 is 14.3 Å². The number of hydrogen-bond acceptors (Lipinski definition) is 4. The third kappa shape index (κ3) is 2.30. The molecule has 0 radical (unpaired) electrons. The van der Waals surface area contributed by atoms with Crippen molar-refractivity contribution in [2.24, 2.45) is 5.73 Å². The number of fused-ring (bicyclic) bond motifs is 2. The van der Waals surface area contributed by atoms with E-state index < -0.39 is 6.04 Å². The summed E-state index contributed by atoms with van der Waals surface area (Å²) in [5.41, 5.74) is 5.63. The topological polar surface area (TPSA) is 73.6 Å². The largest absolute Gasteiger partial charge is 0.383 e. The highest BCUT2D eigenvalue weighted by molar-refractivity contribution is 5.82. The van der Waals surface area contributed by atoms with Gasteiger partial charge in [0.25, 0.3) is 0 Å². The van der Waals surface area contributed by atoms with Gasteiger partial charge in [-0.25, -0.2) is 0 Å². The number of nitrogens with two attached hydrogens (primary N) is 1. The summed E-state index contributed by atoms with van der Waals surface area (Å²) in [6.45, 7) is 0.257. The Morgan fingerprint density at radius 2 is 2.47 bits per heavy atom. The normalized spacial score (nSPS) is 35.5. The zero-order valence-electron chi connectivity index (χ0n) is 8.94. The van der Waals surface area contributed by atoms with E-state index in [0.29, 0.717) is 6.10 Å². The Bertz CT molecular complexity index is 247. The van der Waals surface area contributed by atoms with Gasteiger partial charge in [-0.05, 0) is 19.3 Å². The Kier molecular flexibility index (Phi) is 3.23. The van der Waals surface area contributed by atoms with E-state index >= 15 is 0 Å². The summed E-state index contributed by atoms with van der Waals surface area (Å²) in [4.78, 5) is 11.6. The highest BCUT2D eigenvalue weighted by Crippen LogP contribution is 2.34. The lowest BCUT2D eigenvalue weighted by atomic mass is 9.95. The Balaban J connectivity index is 1.79. The smallest absolute Gasteiger partial charge is 0.239 e. The number of nitrogens with one attached hydrogen (secondary N) is 1. The average Bonchev–Trinajstić information content (AvgIpc) is 2.79. The Hall–Kier alpha value is -0.650. The first kappa shape index (κ1) is 10.9. The minimum atomic E-state index is -0.575. The molecule has 0 spiro atoms. The van der Waals surface area contributed by atoms with Gasteiger partial charge in [-0.3, -0.25) is 4.79 Å². The van der Waals surface area contributed by atoms with Crippen LogP contribution in [0.1, 0.15) is 19.3 Å². The molecule has 2 aliphatic heterocycles. The molecular formula is C10H18N2O3. The zero-order chi connectivity index (χ0) is 10.8. The van der Waals surface area contributed by atoms with Crippen LogP contribution >= 0.6 is 0 Å². The van der Waals surface area contributed by atoms with Crippen LogP contribution in [0.4, 0.5) is 0 Å². The molecule has 2 aliphatic rings.